The predicted octanol–water partition coefficient (Wildman–Crippen LogP) is 11.9. The van der Waals surface area contributed by atoms with Gasteiger partial charge < -0.3 is 32.7 Å². The van der Waals surface area contributed by atoms with Crippen LogP contribution in [-0.4, -0.2) is 65.0 Å². The summed E-state index contributed by atoms with van der Waals surface area (Å²) in [4.78, 5) is 0. The number of hydrogen-bond acceptors (Lipinski definition) is 9. The molecule has 0 aliphatic heterocycles. The summed E-state index contributed by atoms with van der Waals surface area (Å²) in [5.41, 5.74) is 7.47. The lowest BCUT2D eigenvalue weighted by Gasteiger charge is -2.36. The third kappa shape index (κ3) is 13.3. The molecule has 0 aliphatic rings. The Kier molecular flexibility index (Phi) is 19.1. The molecular weight excluding hydrogens is 868 g/mol. The summed E-state index contributed by atoms with van der Waals surface area (Å²) in [6, 6.07) is 49.2. The molecule has 9 nitrogen and oxygen atoms in total. The fourth-order valence-corrected chi connectivity index (χ4v) is 9.42. The Morgan fingerprint density at radius 2 is 0.956 bits per heavy atom. The fourth-order valence-electron chi connectivity index (χ4n) is 7.83. The van der Waals surface area contributed by atoms with Gasteiger partial charge in [-0.05, 0) is 117 Å². The minimum absolute atomic E-state index is 0.250. The highest BCUT2D eigenvalue weighted by Gasteiger charge is 2.38. The van der Waals surface area contributed by atoms with Gasteiger partial charge in [-0.25, -0.2) is 4.67 Å². The Morgan fingerprint density at radius 3 is 1.38 bits per heavy atom. The van der Waals surface area contributed by atoms with E-state index < -0.39 is 14.1 Å². The van der Waals surface area contributed by atoms with E-state index in [-0.39, 0.29) is 12.1 Å². The molecule has 0 saturated carbocycles. The Bertz CT molecular complexity index is 2620. The SMILES string of the molecule is COc1ccc(C(OCCc2ccc(C#Cc3cc(OC)c(C#Cc4ccc(CCOP(OCCC#N)N(C(C)C)C(C)C)cc4)cc3OC)cc2)(c2ccccc2)c2ccc(OC)cc2)cc1. The number of benzene rings is 6. The summed E-state index contributed by atoms with van der Waals surface area (Å²) in [7, 11) is 5.32. The van der Waals surface area contributed by atoms with E-state index in [1.807, 2.05) is 78.9 Å². The van der Waals surface area contributed by atoms with Crippen LogP contribution in [0.3, 0.4) is 0 Å². The number of hydrogen-bond donors (Lipinski definition) is 0. The van der Waals surface area contributed by atoms with Gasteiger partial charge in [-0.3, -0.25) is 0 Å². The van der Waals surface area contributed by atoms with E-state index in [0.29, 0.717) is 55.3 Å². The lowest BCUT2D eigenvalue weighted by atomic mass is 9.80. The number of rotatable bonds is 21. The van der Waals surface area contributed by atoms with Gasteiger partial charge in [0.1, 0.15) is 28.6 Å². The van der Waals surface area contributed by atoms with Gasteiger partial charge in [-0.15, -0.1) is 0 Å². The maximum absolute atomic E-state index is 9.01. The van der Waals surface area contributed by atoms with Crippen molar-refractivity contribution in [2.45, 2.75) is 64.6 Å². The van der Waals surface area contributed by atoms with E-state index in [0.717, 1.165) is 56.9 Å². The standard InChI is InChI=1S/C58H61N2O7P/c1-43(2)60(44(3)4)68(66-38-12-37-59)67-40-36-48-21-17-46(18-22-48)24-26-50-42-56(63-7)49(41-57(50)64-8)25-23-45-15-19-47(20-16-45)35-39-65-58(51-13-10-9-11-14-51,52-27-31-54(61-5)32-28-52)53-29-33-55(62-6)34-30-53/h9-11,13-22,27-34,41-44H,12,35-36,38-40H2,1-8H3. The minimum atomic E-state index is -1.28. The summed E-state index contributed by atoms with van der Waals surface area (Å²) in [5, 5.41) is 9.01. The largest absolute Gasteiger partial charge is 0.497 e. The van der Waals surface area contributed by atoms with Crippen LogP contribution in [0.4, 0.5) is 0 Å². The van der Waals surface area contributed by atoms with Crippen molar-refractivity contribution in [2.75, 3.05) is 48.3 Å². The summed E-state index contributed by atoms with van der Waals surface area (Å²) in [6.07, 6.45) is 1.73. The highest BCUT2D eigenvalue weighted by Crippen LogP contribution is 2.46. The molecule has 6 rings (SSSR count). The molecule has 10 heteroatoms. The number of nitriles is 1. The molecule has 68 heavy (non-hydrogen) atoms. The summed E-state index contributed by atoms with van der Waals surface area (Å²) < 4.78 is 44.2. The Hall–Kier alpha value is -6.60. The molecule has 0 bridgehead atoms. The molecule has 0 aromatic heterocycles. The minimum Gasteiger partial charge on any atom is -0.497 e. The second kappa shape index (κ2) is 25.5. The second-order valence-electron chi connectivity index (χ2n) is 16.4. The van der Waals surface area contributed by atoms with Gasteiger partial charge in [0.25, 0.3) is 8.53 Å². The number of methoxy groups -OCH3 is 4. The number of ether oxygens (including phenoxy) is 5. The van der Waals surface area contributed by atoms with Gasteiger partial charge in [0, 0.05) is 35.3 Å². The van der Waals surface area contributed by atoms with Crippen LogP contribution in [0.1, 0.15) is 84.2 Å². The lowest BCUT2D eigenvalue weighted by molar-refractivity contribution is 0.0147. The molecule has 350 valence electrons. The highest BCUT2D eigenvalue weighted by atomic mass is 31.2. The van der Waals surface area contributed by atoms with E-state index in [1.54, 1.807) is 28.4 Å². The lowest BCUT2D eigenvalue weighted by Crippen LogP contribution is -2.33. The summed E-state index contributed by atoms with van der Waals surface area (Å²) >= 11 is 0. The molecular formula is C58H61N2O7P. The zero-order valence-electron chi connectivity index (χ0n) is 40.4. The van der Waals surface area contributed by atoms with Gasteiger partial charge in [-0.2, -0.15) is 5.26 Å². The monoisotopic (exact) mass is 928 g/mol. The van der Waals surface area contributed by atoms with E-state index in [4.69, 9.17) is 38.0 Å². The molecule has 1 atom stereocenters. The van der Waals surface area contributed by atoms with Crippen molar-refractivity contribution < 1.29 is 32.7 Å². The Balaban J connectivity index is 1.12. The highest BCUT2D eigenvalue weighted by molar-refractivity contribution is 7.44. The Labute approximate surface area is 404 Å². The van der Waals surface area contributed by atoms with Crippen molar-refractivity contribution in [3.8, 4) is 52.7 Å². The molecule has 6 aromatic carbocycles. The second-order valence-corrected chi connectivity index (χ2v) is 17.8. The average molecular weight is 929 g/mol. The van der Waals surface area contributed by atoms with Gasteiger partial charge in [0.05, 0.1) is 71.9 Å². The Morgan fingerprint density at radius 1 is 0.515 bits per heavy atom. The molecule has 0 fully saturated rings. The molecule has 0 spiro atoms. The van der Waals surface area contributed by atoms with Crippen LogP contribution < -0.4 is 18.9 Å². The van der Waals surface area contributed by atoms with Crippen LogP contribution in [0.2, 0.25) is 0 Å². The zero-order valence-corrected chi connectivity index (χ0v) is 41.3. The van der Waals surface area contributed by atoms with Crippen LogP contribution in [0, 0.1) is 35.0 Å². The van der Waals surface area contributed by atoms with E-state index in [2.05, 4.69) is 123 Å². The number of nitrogens with zero attached hydrogens (tertiary/aromatic N) is 2. The van der Waals surface area contributed by atoms with Crippen LogP contribution in [0.15, 0.2) is 140 Å². The maximum Gasteiger partial charge on any atom is 0.259 e. The maximum atomic E-state index is 9.01. The van der Waals surface area contributed by atoms with E-state index in [9.17, 15) is 0 Å². The first-order valence-electron chi connectivity index (χ1n) is 22.8. The van der Waals surface area contributed by atoms with E-state index in [1.165, 1.54) is 0 Å². The molecule has 6 aromatic rings. The normalized spacial score (nSPS) is 11.6. The molecule has 0 aliphatic carbocycles. The van der Waals surface area contributed by atoms with Crippen molar-refractivity contribution >= 4 is 8.53 Å². The molecule has 0 heterocycles. The third-order valence-electron chi connectivity index (χ3n) is 11.2. The third-order valence-corrected chi connectivity index (χ3v) is 13.4. The van der Waals surface area contributed by atoms with Crippen molar-refractivity contribution in [1.29, 1.82) is 5.26 Å². The van der Waals surface area contributed by atoms with Gasteiger partial charge in [0.15, 0.2) is 0 Å². The molecule has 0 radical (unpaired) electrons. The zero-order chi connectivity index (χ0) is 48.3. The first kappa shape index (κ1) is 50.8. The van der Waals surface area contributed by atoms with Crippen molar-refractivity contribution in [3.63, 3.8) is 0 Å². The summed E-state index contributed by atoms with van der Waals surface area (Å²) in [5.74, 6) is 15.9. The van der Waals surface area contributed by atoms with Crippen LogP contribution in [-0.2, 0) is 32.2 Å². The van der Waals surface area contributed by atoms with Crippen LogP contribution >= 0.6 is 8.53 Å². The molecule has 1 unspecified atom stereocenters. The van der Waals surface area contributed by atoms with Gasteiger partial charge in [-0.1, -0.05) is 103 Å². The van der Waals surface area contributed by atoms with Crippen molar-refractivity contribution in [2.24, 2.45) is 0 Å². The van der Waals surface area contributed by atoms with Gasteiger partial charge >= 0.3 is 0 Å². The van der Waals surface area contributed by atoms with Crippen LogP contribution in [0.25, 0.3) is 0 Å². The van der Waals surface area contributed by atoms with Gasteiger partial charge in [0.2, 0.25) is 0 Å². The van der Waals surface area contributed by atoms with Crippen LogP contribution in [0.5, 0.6) is 23.0 Å². The van der Waals surface area contributed by atoms with E-state index >= 15 is 0 Å². The smallest absolute Gasteiger partial charge is 0.259 e. The summed E-state index contributed by atoms with van der Waals surface area (Å²) in [6.45, 7) is 9.83. The average Bonchev–Trinajstić information content (AvgIpc) is 3.37. The first-order valence-corrected chi connectivity index (χ1v) is 23.9. The topological polar surface area (TPSA) is 91.6 Å². The fraction of sp³-hybridized carbons (Fsp3) is 0.293. The quantitative estimate of drug-likeness (QED) is 0.0303. The predicted molar refractivity (Wildman–Crippen MR) is 271 cm³/mol. The van der Waals surface area contributed by atoms with Crippen molar-refractivity contribution in [1.82, 2.24) is 4.67 Å². The van der Waals surface area contributed by atoms with Crippen molar-refractivity contribution in [3.05, 3.63) is 190 Å². The first-order chi connectivity index (χ1) is 33.1. The molecule has 0 amide bonds. The molecule has 0 N–H and O–H groups in total. The molecule has 0 saturated heterocycles.